The average molecular weight is 303 g/mol. The smallest absolute Gasteiger partial charge is 0.335 e. The van der Waals surface area contributed by atoms with Crippen LogP contribution in [0.2, 0.25) is 0 Å². The van der Waals surface area contributed by atoms with Gasteiger partial charge in [0.05, 0.1) is 33.7 Å². The lowest BCUT2D eigenvalue weighted by molar-refractivity contribution is 0.0697. The molecule has 0 radical (unpaired) electrons. The molecular weight excluding hydrogens is 294 g/mol. The van der Waals surface area contributed by atoms with Crippen molar-refractivity contribution in [3.63, 3.8) is 0 Å². The Morgan fingerprint density at radius 3 is 2.83 bits per heavy atom. The van der Waals surface area contributed by atoms with Gasteiger partial charge in [0.2, 0.25) is 0 Å². The molecule has 0 aliphatic carbocycles. The second-order valence-electron chi connectivity index (χ2n) is 5.07. The molecule has 7 nitrogen and oxygen atoms in total. The lowest BCUT2D eigenvalue weighted by Gasteiger charge is -1.96. The molecule has 0 saturated heterocycles. The summed E-state index contributed by atoms with van der Waals surface area (Å²) in [7, 11) is 0. The van der Waals surface area contributed by atoms with Crippen LogP contribution in [0.3, 0.4) is 0 Å². The standard InChI is InChI=1S/C16H9N5O2/c17-7-8-1-3-12-13(5-8)19-15(18-12)14-10-6-9(16(22)23)2-4-11(10)20-21-14/h1-6H,(H,18,19)(H,20,21)(H,22,23). The van der Waals surface area contributed by atoms with Crippen molar-refractivity contribution < 1.29 is 9.90 Å². The van der Waals surface area contributed by atoms with Crippen LogP contribution in [0, 0.1) is 11.3 Å². The van der Waals surface area contributed by atoms with Gasteiger partial charge in [0.1, 0.15) is 5.69 Å². The second-order valence-corrected chi connectivity index (χ2v) is 5.07. The monoisotopic (exact) mass is 303 g/mol. The fourth-order valence-corrected chi connectivity index (χ4v) is 2.52. The molecule has 0 aliphatic heterocycles. The van der Waals surface area contributed by atoms with E-state index in [1.807, 2.05) is 0 Å². The number of hydrogen-bond acceptors (Lipinski definition) is 4. The van der Waals surface area contributed by atoms with E-state index in [4.69, 9.17) is 10.4 Å². The van der Waals surface area contributed by atoms with Crippen molar-refractivity contribution in [2.75, 3.05) is 0 Å². The summed E-state index contributed by atoms with van der Waals surface area (Å²) in [6.45, 7) is 0. The summed E-state index contributed by atoms with van der Waals surface area (Å²) < 4.78 is 0. The first-order chi connectivity index (χ1) is 11.2. The molecule has 4 rings (SSSR count). The number of benzene rings is 2. The molecule has 23 heavy (non-hydrogen) atoms. The van der Waals surface area contributed by atoms with Gasteiger partial charge in [-0.15, -0.1) is 0 Å². The summed E-state index contributed by atoms with van der Waals surface area (Å²) in [5.74, 6) is -0.480. The van der Waals surface area contributed by atoms with E-state index in [-0.39, 0.29) is 5.56 Å². The van der Waals surface area contributed by atoms with Crippen molar-refractivity contribution in [3.8, 4) is 17.6 Å². The number of nitriles is 1. The minimum absolute atomic E-state index is 0.183. The first-order valence-corrected chi connectivity index (χ1v) is 6.77. The van der Waals surface area contributed by atoms with E-state index in [2.05, 4.69) is 26.2 Å². The number of hydrogen-bond donors (Lipinski definition) is 3. The number of carbonyl (C=O) groups is 1. The van der Waals surface area contributed by atoms with E-state index in [1.165, 1.54) is 6.07 Å². The topological polar surface area (TPSA) is 118 Å². The minimum Gasteiger partial charge on any atom is -0.478 e. The molecule has 0 unspecified atom stereocenters. The van der Waals surface area contributed by atoms with Gasteiger partial charge in [0.15, 0.2) is 5.82 Å². The van der Waals surface area contributed by atoms with Gasteiger partial charge in [0.25, 0.3) is 0 Å². The third-order valence-corrected chi connectivity index (χ3v) is 3.65. The maximum atomic E-state index is 11.1. The molecule has 0 fully saturated rings. The number of nitrogens with one attached hydrogen (secondary N) is 2. The van der Waals surface area contributed by atoms with Gasteiger partial charge in [-0.2, -0.15) is 10.4 Å². The van der Waals surface area contributed by atoms with E-state index in [0.29, 0.717) is 28.0 Å². The molecule has 2 aromatic carbocycles. The molecular formula is C16H9N5O2. The zero-order chi connectivity index (χ0) is 16.0. The van der Waals surface area contributed by atoms with Gasteiger partial charge in [-0.05, 0) is 36.4 Å². The Morgan fingerprint density at radius 1 is 1.17 bits per heavy atom. The summed E-state index contributed by atoms with van der Waals surface area (Å²) >= 11 is 0. The minimum atomic E-state index is -0.998. The fourth-order valence-electron chi connectivity index (χ4n) is 2.52. The Bertz CT molecular complexity index is 1120. The molecule has 110 valence electrons. The first-order valence-electron chi connectivity index (χ1n) is 6.77. The summed E-state index contributed by atoms with van der Waals surface area (Å²) in [4.78, 5) is 18.7. The Morgan fingerprint density at radius 2 is 2.04 bits per heavy atom. The first kappa shape index (κ1) is 13.0. The molecule has 0 bridgehead atoms. The van der Waals surface area contributed by atoms with Crippen molar-refractivity contribution in [3.05, 3.63) is 47.5 Å². The molecule has 0 aliphatic rings. The van der Waals surface area contributed by atoms with E-state index < -0.39 is 5.97 Å². The van der Waals surface area contributed by atoms with Crippen LogP contribution in [0.1, 0.15) is 15.9 Å². The highest BCUT2D eigenvalue weighted by molar-refractivity contribution is 5.98. The predicted octanol–water partition coefficient (Wildman–Crippen LogP) is 2.68. The zero-order valence-corrected chi connectivity index (χ0v) is 11.7. The largest absolute Gasteiger partial charge is 0.478 e. The van der Waals surface area contributed by atoms with Gasteiger partial charge in [0, 0.05) is 5.39 Å². The van der Waals surface area contributed by atoms with Crippen LogP contribution in [-0.2, 0) is 0 Å². The highest BCUT2D eigenvalue weighted by Crippen LogP contribution is 2.27. The van der Waals surface area contributed by atoms with Crippen LogP contribution in [-0.4, -0.2) is 31.2 Å². The molecule has 0 saturated carbocycles. The molecule has 0 amide bonds. The number of carboxylic acid groups (broad SMARTS) is 1. The molecule has 3 N–H and O–H groups in total. The maximum Gasteiger partial charge on any atom is 0.335 e. The summed E-state index contributed by atoms with van der Waals surface area (Å²) in [5.41, 5.74) is 3.42. The fraction of sp³-hybridized carbons (Fsp3) is 0. The van der Waals surface area contributed by atoms with Crippen LogP contribution in [0.15, 0.2) is 36.4 Å². The lowest BCUT2D eigenvalue weighted by Crippen LogP contribution is -1.95. The molecule has 0 atom stereocenters. The lowest BCUT2D eigenvalue weighted by atomic mass is 10.1. The number of carboxylic acids is 1. The third-order valence-electron chi connectivity index (χ3n) is 3.65. The van der Waals surface area contributed by atoms with Gasteiger partial charge < -0.3 is 10.1 Å². The van der Waals surface area contributed by atoms with Crippen LogP contribution >= 0.6 is 0 Å². The van der Waals surface area contributed by atoms with Crippen LogP contribution < -0.4 is 0 Å². The number of rotatable bonds is 2. The molecule has 4 aromatic rings. The van der Waals surface area contributed by atoms with Gasteiger partial charge in [-0.25, -0.2) is 9.78 Å². The Hall–Kier alpha value is -3.66. The maximum absolute atomic E-state index is 11.1. The van der Waals surface area contributed by atoms with E-state index >= 15 is 0 Å². The second kappa shape index (κ2) is 4.68. The molecule has 2 heterocycles. The van der Waals surface area contributed by atoms with Crippen LogP contribution in [0.4, 0.5) is 0 Å². The van der Waals surface area contributed by atoms with Gasteiger partial charge in [-0.3, -0.25) is 5.10 Å². The quantitative estimate of drug-likeness (QED) is 0.526. The zero-order valence-electron chi connectivity index (χ0n) is 11.7. The van der Waals surface area contributed by atoms with E-state index in [1.54, 1.807) is 30.3 Å². The van der Waals surface area contributed by atoms with Gasteiger partial charge in [-0.1, -0.05) is 0 Å². The van der Waals surface area contributed by atoms with Crippen molar-refractivity contribution >= 4 is 27.9 Å². The number of aromatic amines is 2. The van der Waals surface area contributed by atoms with Crippen molar-refractivity contribution in [2.24, 2.45) is 0 Å². The number of fused-ring (bicyclic) bond motifs is 2. The Balaban J connectivity index is 1.93. The average Bonchev–Trinajstić information content (AvgIpc) is 3.16. The molecule has 0 spiro atoms. The van der Waals surface area contributed by atoms with Crippen molar-refractivity contribution in [1.82, 2.24) is 20.2 Å². The molecule has 7 heteroatoms. The Labute approximate surface area is 129 Å². The predicted molar refractivity (Wildman–Crippen MR) is 82.9 cm³/mol. The van der Waals surface area contributed by atoms with E-state index in [0.717, 1.165) is 11.0 Å². The highest BCUT2D eigenvalue weighted by atomic mass is 16.4. The summed E-state index contributed by atoms with van der Waals surface area (Å²) in [6.07, 6.45) is 0. The summed E-state index contributed by atoms with van der Waals surface area (Å²) in [5, 5.41) is 25.8. The van der Waals surface area contributed by atoms with Crippen LogP contribution in [0.25, 0.3) is 33.5 Å². The van der Waals surface area contributed by atoms with E-state index in [9.17, 15) is 4.79 Å². The number of imidazole rings is 1. The van der Waals surface area contributed by atoms with Crippen molar-refractivity contribution in [1.29, 1.82) is 5.26 Å². The summed E-state index contributed by atoms with van der Waals surface area (Å²) in [6, 6.07) is 12.0. The molecule has 2 aromatic heterocycles. The number of nitrogens with zero attached hydrogens (tertiary/aromatic N) is 3. The van der Waals surface area contributed by atoms with Gasteiger partial charge >= 0.3 is 5.97 Å². The highest BCUT2D eigenvalue weighted by Gasteiger charge is 2.14. The normalized spacial score (nSPS) is 10.9. The Kier molecular flexibility index (Phi) is 2.65. The van der Waals surface area contributed by atoms with Crippen molar-refractivity contribution in [2.45, 2.75) is 0 Å². The SMILES string of the molecule is N#Cc1ccc2nc(-c3n[nH]c4ccc(C(=O)O)cc34)[nH]c2c1. The third kappa shape index (κ3) is 2.01. The van der Waals surface area contributed by atoms with Crippen LogP contribution in [0.5, 0.6) is 0 Å². The number of H-pyrrole nitrogens is 2. The number of aromatic nitrogens is 4. The number of aromatic carboxylic acids is 1.